The molecule has 0 aliphatic heterocycles. The van der Waals surface area contributed by atoms with E-state index >= 15 is 0 Å². The summed E-state index contributed by atoms with van der Waals surface area (Å²) in [6.45, 7) is 4.99. The highest BCUT2D eigenvalue weighted by atomic mass is 19.1. The fourth-order valence-corrected chi connectivity index (χ4v) is 3.84. The molecule has 0 atom stereocenters. The van der Waals surface area contributed by atoms with Crippen molar-refractivity contribution >= 4 is 28.4 Å². The molecule has 4 aromatic rings. The quantitative estimate of drug-likeness (QED) is 0.170. The van der Waals surface area contributed by atoms with Gasteiger partial charge in [-0.3, -0.25) is 5.41 Å². The molecule has 0 aliphatic carbocycles. The largest absolute Gasteiger partial charge is 0.461 e. The van der Waals surface area contributed by atoms with E-state index in [2.05, 4.69) is 9.55 Å². The van der Waals surface area contributed by atoms with E-state index in [-0.39, 0.29) is 24.7 Å². The number of halogens is 1. The Balaban J connectivity index is 1.61. The van der Waals surface area contributed by atoms with E-state index < -0.39 is 5.97 Å². The molecule has 4 rings (SSSR count). The molecule has 0 amide bonds. The fraction of sp³-hybridized carbons (Fsp3) is 0.250. The van der Waals surface area contributed by atoms with Crippen molar-refractivity contribution in [1.29, 1.82) is 5.41 Å². The van der Waals surface area contributed by atoms with Crippen LogP contribution in [-0.4, -0.2) is 43.9 Å². The summed E-state index contributed by atoms with van der Waals surface area (Å²) in [6.07, 6.45) is 3.52. The van der Waals surface area contributed by atoms with E-state index in [0.29, 0.717) is 30.2 Å². The minimum absolute atomic E-state index is 0.0856. The van der Waals surface area contributed by atoms with Crippen molar-refractivity contribution in [1.82, 2.24) is 19.1 Å². The Kier molecular flexibility index (Phi) is 6.69. The third kappa shape index (κ3) is 4.67. The van der Waals surface area contributed by atoms with Crippen LogP contribution in [0.4, 0.5) is 10.1 Å². The highest BCUT2D eigenvalue weighted by Gasteiger charge is 2.17. The van der Waals surface area contributed by atoms with Gasteiger partial charge in [0.2, 0.25) is 0 Å². The van der Waals surface area contributed by atoms with Crippen LogP contribution < -0.4 is 10.9 Å². The van der Waals surface area contributed by atoms with Crippen LogP contribution in [0.25, 0.3) is 22.4 Å². The number of aryl methyl sites for hydroxylation is 1. The van der Waals surface area contributed by atoms with Crippen molar-refractivity contribution in [2.45, 2.75) is 26.9 Å². The molecule has 0 aliphatic rings. The van der Waals surface area contributed by atoms with Gasteiger partial charge < -0.3 is 18.9 Å². The Morgan fingerprint density at radius 2 is 2.06 bits per heavy atom. The second kappa shape index (κ2) is 9.84. The van der Waals surface area contributed by atoms with Crippen molar-refractivity contribution in [3.8, 4) is 11.4 Å². The first-order chi connectivity index (χ1) is 16.4. The zero-order chi connectivity index (χ0) is 24.2. The maximum absolute atomic E-state index is 13.7. The number of fused-ring (bicyclic) bond motifs is 1. The zero-order valence-electron chi connectivity index (χ0n) is 19.0. The maximum Gasteiger partial charge on any atom is 0.353 e. The normalized spacial score (nSPS) is 11.1. The summed E-state index contributed by atoms with van der Waals surface area (Å²) in [4.78, 5) is 20.9. The third-order valence-electron chi connectivity index (χ3n) is 5.42. The summed E-state index contributed by atoms with van der Waals surface area (Å²) in [7, 11) is 0. The summed E-state index contributed by atoms with van der Waals surface area (Å²) in [5.41, 5.74) is 2.75. The van der Waals surface area contributed by atoms with Gasteiger partial charge in [0.05, 0.1) is 36.4 Å². The van der Waals surface area contributed by atoms with Crippen LogP contribution in [0, 0.1) is 11.2 Å². The van der Waals surface area contributed by atoms with Crippen molar-refractivity contribution in [2.75, 3.05) is 18.2 Å². The van der Waals surface area contributed by atoms with E-state index in [4.69, 9.17) is 21.0 Å². The zero-order valence-corrected chi connectivity index (χ0v) is 19.0. The molecule has 0 saturated carbocycles. The Labute approximate surface area is 196 Å². The number of anilines is 1. The van der Waals surface area contributed by atoms with Crippen LogP contribution in [-0.2, 0) is 22.6 Å². The Morgan fingerprint density at radius 1 is 1.24 bits per heavy atom. The van der Waals surface area contributed by atoms with Gasteiger partial charge in [0.25, 0.3) is 0 Å². The van der Waals surface area contributed by atoms with Gasteiger partial charge in [-0.1, -0.05) is 12.1 Å². The fourth-order valence-electron chi connectivity index (χ4n) is 3.84. The third-order valence-corrected chi connectivity index (χ3v) is 5.42. The maximum atomic E-state index is 13.7. The van der Waals surface area contributed by atoms with Gasteiger partial charge in [-0.15, -0.1) is 0 Å². The number of nitrogens with zero attached hydrogens (tertiary/aromatic N) is 5. The first-order valence-electron chi connectivity index (χ1n) is 10.9. The number of hydrogen-bond donors (Lipinski definition) is 2. The highest BCUT2D eigenvalue weighted by Crippen LogP contribution is 2.24. The van der Waals surface area contributed by atoms with Crippen LogP contribution in [0.3, 0.4) is 0 Å². The average Bonchev–Trinajstić information content (AvgIpc) is 3.42. The molecule has 0 bridgehead atoms. The second-order valence-electron chi connectivity index (χ2n) is 7.66. The van der Waals surface area contributed by atoms with Crippen LogP contribution in [0.15, 0.2) is 54.9 Å². The number of ether oxygens (including phenoxy) is 1. The molecule has 176 valence electrons. The molecule has 2 aromatic carbocycles. The predicted octanol–water partition coefficient (Wildman–Crippen LogP) is 3.37. The first-order valence-corrected chi connectivity index (χ1v) is 10.9. The highest BCUT2D eigenvalue weighted by molar-refractivity contribution is 6.36. The van der Waals surface area contributed by atoms with Gasteiger partial charge in [0.15, 0.2) is 0 Å². The number of imidazole rings is 2. The van der Waals surface area contributed by atoms with Crippen LogP contribution in [0.2, 0.25) is 0 Å². The van der Waals surface area contributed by atoms with Crippen LogP contribution >= 0.6 is 0 Å². The van der Waals surface area contributed by atoms with Crippen LogP contribution in [0.1, 0.15) is 19.7 Å². The molecule has 0 fully saturated rings. The lowest BCUT2D eigenvalue weighted by Gasteiger charge is -2.18. The number of aromatic nitrogens is 4. The molecule has 9 nitrogen and oxygen atoms in total. The standard InChI is InChI=1S/C24H26FN7O2/c1-3-31-21-9-8-18(32(27)14-19(26)24(33)34-4-2)13-20(21)29-22(31)15-30-11-10-28-23(30)16-6-5-7-17(25)12-16/h5-13,26H,3-4,14-15,27H2,1-2H3. The monoisotopic (exact) mass is 463 g/mol. The van der Waals surface area contributed by atoms with E-state index in [1.54, 1.807) is 19.2 Å². The van der Waals surface area contributed by atoms with Gasteiger partial charge in [-0.2, -0.15) is 0 Å². The van der Waals surface area contributed by atoms with Gasteiger partial charge in [-0.25, -0.2) is 25.0 Å². The van der Waals surface area contributed by atoms with Crippen molar-refractivity contribution < 1.29 is 13.9 Å². The molecule has 2 heterocycles. The minimum Gasteiger partial charge on any atom is -0.461 e. The summed E-state index contributed by atoms with van der Waals surface area (Å²) >= 11 is 0. The Bertz CT molecular complexity index is 1340. The lowest BCUT2D eigenvalue weighted by atomic mass is 10.2. The van der Waals surface area contributed by atoms with Gasteiger partial charge in [0, 0.05) is 24.5 Å². The number of esters is 1. The summed E-state index contributed by atoms with van der Waals surface area (Å²) in [5.74, 6) is 6.57. The lowest BCUT2D eigenvalue weighted by molar-refractivity contribution is -0.135. The minimum atomic E-state index is -0.689. The van der Waals surface area contributed by atoms with E-state index in [0.717, 1.165) is 16.9 Å². The molecule has 3 N–H and O–H groups in total. The smallest absolute Gasteiger partial charge is 0.353 e. The average molecular weight is 464 g/mol. The molecule has 2 aromatic heterocycles. The van der Waals surface area contributed by atoms with E-state index in [9.17, 15) is 9.18 Å². The number of hydrazine groups is 1. The number of nitrogens with two attached hydrogens (primary N) is 1. The molecule has 0 radical (unpaired) electrons. The molecule has 0 spiro atoms. The molecular formula is C24H26FN7O2. The van der Waals surface area contributed by atoms with Gasteiger partial charge in [-0.05, 0) is 44.2 Å². The molecule has 10 heteroatoms. The molecule has 34 heavy (non-hydrogen) atoms. The number of hydrogen-bond acceptors (Lipinski definition) is 7. The number of benzene rings is 2. The number of carbonyl (C=O) groups is 1. The Morgan fingerprint density at radius 3 is 2.79 bits per heavy atom. The van der Waals surface area contributed by atoms with Crippen molar-refractivity contribution in [3.63, 3.8) is 0 Å². The first kappa shape index (κ1) is 23.1. The van der Waals surface area contributed by atoms with Crippen molar-refractivity contribution in [2.24, 2.45) is 5.84 Å². The second-order valence-corrected chi connectivity index (χ2v) is 7.66. The number of carbonyl (C=O) groups excluding carboxylic acids is 1. The predicted molar refractivity (Wildman–Crippen MR) is 128 cm³/mol. The SMILES string of the molecule is CCOC(=O)C(=N)CN(N)c1ccc2c(c1)nc(Cn1ccnc1-c1cccc(F)c1)n2CC. The Hall–Kier alpha value is -4.05. The molecule has 0 unspecified atom stereocenters. The number of nitrogens with one attached hydrogen (secondary N) is 1. The van der Waals surface area contributed by atoms with Crippen molar-refractivity contribution in [3.05, 3.63) is 66.5 Å². The van der Waals surface area contributed by atoms with E-state index in [1.807, 2.05) is 42.0 Å². The van der Waals surface area contributed by atoms with Crippen LogP contribution in [0.5, 0.6) is 0 Å². The summed E-state index contributed by atoms with van der Waals surface area (Å²) in [5, 5.41) is 9.20. The molecular weight excluding hydrogens is 437 g/mol. The van der Waals surface area contributed by atoms with E-state index in [1.165, 1.54) is 17.1 Å². The lowest BCUT2D eigenvalue weighted by Crippen LogP contribution is -2.39. The topological polar surface area (TPSA) is 115 Å². The number of rotatable bonds is 9. The summed E-state index contributed by atoms with van der Waals surface area (Å²) < 4.78 is 22.6. The van der Waals surface area contributed by atoms with Gasteiger partial charge >= 0.3 is 5.97 Å². The van der Waals surface area contributed by atoms with Gasteiger partial charge in [0.1, 0.15) is 23.2 Å². The summed E-state index contributed by atoms with van der Waals surface area (Å²) in [6, 6.07) is 11.9. The molecule has 0 saturated heterocycles.